The van der Waals surface area contributed by atoms with Gasteiger partial charge in [-0.3, -0.25) is 9.59 Å². The Labute approximate surface area is 215 Å². The Morgan fingerprint density at radius 1 is 1.08 bits per heavy atom. The van der Waals surface area contributed by atoms with Crippen molar-refractivity contribution in [2.75, 3.05) is 0 Å². The highest BCUT2D eigenvalue weighted by Gasteiger charge is 2.37. The van der Waals surface area contributed by atoms with E-state index in [1.165, 1.54) is 18.2 Å². The number of nitrogens with one attached hydrogen (secondary N) is 1. The molecule has 0 saturated heterocycles. The maximum Gasteiger partial charge on any atom is 0.247 e. The molecule has 2 amide bonds. The van der Waals surface area contributed by atoms with E-state index in [-0.39, 0.29) is 54.1 Å². The molecule has 1 heterocycles. The van der Waals surface area contributed by atoms with E-state index in [9.17, 15) is 18.4 Å². The van der Waals surface area contributed by atoms with Crippen molar-refractivity contribution in [3.8, 4) is 11.4 Å². The zero-order valence-electron chi connectivity index (χ0n) is 21.1. The molecule has 4 rings (SSSR count). The number of benzene rings is 2. The molecule has 37 heavy (non-hydrogen) atoms. The largest absolute Gasteiger partial charge is 0.350 e. The molecular formula is C27H32F2N6O2. The number of hydrogen-bond acceptors (Lipinski definition) is 5. The Kier molecular flexibility index (Phi) is 8.58. The van der Waals surface area contributed by atoms with Crippen molar-refractivity contribution in [1.82, 2.24) is 30.4 Å². The van der Waals surface area contributed by atoms with E-state index in [2.05, 4.69) is 20.7 Å². The maximum absolute atomic E-state index is 14.2. The average Bonchev–Trinajstić information content (AvgIpc) is 3.56. The Morgan fingerprint density at radius 2 is 1.78 bits per heavy atom. The summed E-state index contributed by atoms with van der Waals surface area (Å²) < 4.78 is 27.4. The summed E-state index contributed by atoms with van der Waals surface area (Å²) in [6.07, 6.45) is 4.09. The van der Waals surface area contributed by atoms with E-state index in [0.717, 1.165) is 36.0 Å². The van der Waals surface area contributed by atoms with Crippen LogP contribution in [0.3, 0.4) is 0 Å². The predicted molar refractivity (Wildman–Crippen MR) is 134 cm³/mol. The molecule has 196 valence electrons. The molecular weight excluding hydrogens is 478 g/mol. The van der Waals surface area contributed by atoms with Crippen molar-refractivity contribution in [1.29, 1.82) is 0 Å². The zero-order chi connectivity index (χ0) is 26.4. The van der Waals surface area contributed by atoms with Crippen molar-refractivity contribution >= 4 is 11.8 Å². The van der Waals surface area contributed by atoms with Gasteiger partial charge in [0.1, 0.15) is 24.2 Å². The third-order valence-corrected chi connectivity index (χ3v) is 6.56. The second kappa shape index (κ2) is 12.0. The quantitative estimate of drug-likeness (QED) is 0.443. The van der Waals surface area contributed by atoms with E-state index in [0.29, 0.717) is 6.42 Å². The number of halogens is 2. The number of rotatable bonds is 10. The van der Waals surface area contributed by atoms with Crippen molar-refractivity contribution in [2.24, 2.45) is 5.92 Å². The lowest BCUT2D eigenvalue weighted by atomic mass is 9.99. The van der Waals surface area contributed by atoms with Crippen LogP contribution < -0.4 is 5.32 Å². The van der Waals surface area contributed by atoms with Crippen LogP contribution in [0.1, 0.15) is 51.5 Å². The van der Waals surface area contributed by atoms with Gasteiger partial charge in [0.25, 0.3) is 0 Å². The van der Waals surface area contributed by atoms with Gasteiger partial charge in [0.05, 0.1) is 5.56 Å². The fourth-order valence-corrected chi connectivity index (χ4v) is 4.78. The van der Waals surface area contributed by atoms with Crippen molar-refractivity contribution in [3.63, 3.8) is 0 Å². The SMILES string of the molecule is CC(C)CC(C(=O)NCc1ccc(F)cc1)N(C(=O)Cn1nnc(-c2ccccc2F)n1)C1CCCC1. The highest BCUT2D eigenvalue weighted by Crippen LogP contribution is 2.28. The molecule has 10 heteroatoms. The molecule has 0 radical (unpaired) electrons. The summed E-state index contributed by atoms with van der Waals surface area (Å²) in [5.41, 5.74) is 0.969. The Balaban J connectivity index is 1.53. The second-order valence-corrected chi connectivity index (χ2v) is 9.85. The van der Waals surface area contributed by atoms with Crippen LogP contribution in [-0.2, 0) is 22.7 Å². The number of carbonyl (C=O) groups excluding carboxylic acids is 2. The van der Waals surface area contributed by atoms with Gasteiger partial charge in [0.2, 0.25) is 17.6 Å². The first-order valence-corrected chi connectivity index (χ1v) is 12.7. The average molecular weight is 511 g/mol. The van der Waals surface area contributed by atoms with Gasteiger partial charge in [0, 0.05) is 12.6 Å². The van der Waals surface area contributed by atoms with Gasteiger partial charge in [-0.25, -0.2) is 8.78 Å². The molecule has 3 aromatic rings. The van der Waals surface area contributed by atoms with Gasteiger partial charge in [0.15, 0.2) is 0 Å². The van der Waals surface area contributed by atoms with Gasteiger partial charge < -0.3 is 10.2 Å². The molecule has 1 atom stereocenters. The van der Waals surface area contributed by atoms with Crippen LogP contribution in [0.2, 0.25) is 0 Å². The van der Waals surface area contributed by atoms with E-state index in [1.807, 2.05) is 13.8 Å². The first kappa shape index (κ1) is 26.4. The van der Waals surface area contributed by atoms with Gasteiger partial charge in [-0.05, 0) is 60.2 Å². The van der Waals surface area contributed by atoms with E-state index in [4.69, 9.17) is 0 Å². The number of hydrogen-bond donors (Lipinski definition) is 1. The van der Waals surface area contributed by atoms with Crippen LogP contribution in [-0.4, -0.2) is 49.0 Å². The molecule has 1 aliphatic rings. The van der Waals surface area contributed by atoms with Crippen LogP contribution in [0.4, 0.5) is 8.78 Å². The molecule has 0 spiro atoms. The summed E-state index contributed by atoms with van der Waals surface area (Å²) in [6.45, 7) is 4.04. The van der Waals surface area contributed by atoms with Gasteiger partial charge in [-0.15, -0.1) is 10.2 Å². The summed E-state index contributed by atoms with van der Waals surface area (Å²) in [5.74, 6) is -1.10. The smallest absolute Gasteiger partial charge is 0.247 e. The van der Waals surface area contributed by atoms with Crippen LogP contribution in [0.25, 0.3) is 11.4 Å². The fraction of sp³-hybridized carbons (Fsp3) is 0.444. The zero-order valence-corrected chi connectivity index (χ0v) is 21.1. The minimum Gasteiger partial charge on any atom is -0.350 e. The molecule has 1 N–H and O–H groups in total. The Morgan fingerprint density at radius 3 is 2.46 bits per heavy atom. The van der Waals surface area contributed by atoms with Gasteiger partial charge in [-0.1, -0.05) is 51.0 Å². The van der Waals surface area contributed by atoms with E-state index in [1.54, 1.807) is 35.2 Å². The summed E-state index contributed by atoms with van der Waals surface area (Å²) in [4.78, 5) is 29.9. The van der Waals surface area contributed by atoms with Crippen LogP contribution in [0.15, 0.2) is 48.5 Å². The highest BCUT2D eigenvalue weighted by molar-refractivity contribution is 5.87. The lowest BCUT2D eigenvalue weighted by Gasteiger charge is -2.36. The number of aromatic nitrogens is 4. The second-order valence-electron chi connectivity index (χ2n) is 9.85. The summed E-state index contributed by atoms with van der Waals surface area (Å²) in [6, 6.07) is 11.3. The Bertz CT molecular complexity index is 1210. The van der Waals surface area contributed by atoms with Crippen LogP contribution in [0, 0.1) is 17.6 Å². The third kappa shape index (κ3) is 6.75. The minimum absolute atomic E-state index is 0.0672. The van der Waals surface area contributed by atoms with Crippen LogP contribution in [0.5, 0.6) is 0 Å². The van der Waals surface area contributed by atoms with Crippen molar-refractivity contribution in [2.45, 2.75) is 71.1 Å². The van der Waals surface area contributed by atoms with Gasteiger partial charge in [-0.2, -0.15) is 4.80 Å². The summed E-state index contributed by atoms with van der Waals surface area (Å²) >= 11 is 0. The molecule has 1 unspecified atom stereocenters. The number of amides is 2. The maximum atomic E-state index is 14.2. The molecule has 8 nitrogen and oxygen atoms in total. The van der Waals surface area contributed by atoms with Crippen molar-refractivity contribution < 1.29 is 18.4 Å². The van der Waals surface area contributed by atoms with E-state index < -0.39 is 11.9 Å². The molecule has 1 aromatic heterocycles. The summed E-state index contributed by atoms with van der Waals surface area (Å²) in [7, 11) is 0. The van der Waals surface area contributed by atoms with Gasteiger partial charge >= 0.3 is 0 Å². The Hall–Kier alpha value is -3.69. The summed E-state index contributed by atoms with van der Waals surface area (Å²) in [5, 5.41) is 15.0. The normalized spacial score (nSPS) is 14.6. The molecule has 1 aliphatic carbocycles. The third-order valence-electron chi connectivity index (χ3n) is 6.56. The van der Waals surface area contributed by atoms with E-state index >= 15 is 0 Å². The number of nitrogens with zero attached hydrogens (tertiary/aromatic N) is 5. The molecule has 0 aliphatic heterocycles. The number of tetrazole rings is 1. The first-order valence-electron chi connectivity index (χ1n) is 12.7. The minimum atomic E-state index is -0.675. The number of carbonyl (C=O) groups is 2. The fourth-order valence-electron chi connectivity index (χ4n) is 4.78. The molecule has 2 aromatic carbocycles. The topological polar surface area (TPSA) is 93.0 Å². The van der Waals surface area contributed by atoms with Crippen LogP contribution >= 0.6 is 0 Å². The highest BCUT2D eigenvalue weighted by atomic mass is 19.1. The predicted octanol–water partition coefficient (Wildman–Crippen LogP) is 4.12. The lowest BCUT2D eigenvalue weighted by Crippen LogP contribution is -2.54. The monoisotopic (exact) mass is 510 g/mol. The lowest BCUT2D eigenvalue weighted by molar-refractivity contribution is -0.144. The molecule has 1 saturated carbocycles. The van der Waals surface area contributed by atoms with Crippen molar-refractivity contribution in [3.05, 3.63) is 65.7 Å². The standard InChI is InChI=1S/C27H32F2N6O2/c1-18(2)15-24(27(37)30-16-19-11-13-20(28)14-12-19)35(21-7-3-4-8-21)25(36)17-34-32-26(31-33-34)22-9-5-6-10-23(22)29/h5-6,9-14,18,21,24H,3-4,7-8,15-17H2,1-2H3,(H,30,37). The molecule has 0 bridgehead atoms. The first-order chi connectivity index (χ1) is 17.8. The molecule has 1 fully saturated rings.